The second-order valence-corrected chi connectivity index (χ2v) is 9.40. The molecule has 2 fully saturated rings. The second kappa shape index (κ2) is 9.41. The van der Waals surface area contributed by atoms with Gasteiger partial charge in [-0.05, 0) is 30.7 Å². The van der Waals surface area contributed by atoms with Crippen LogP contribution in [0.2, 0.25) is 0 Å². The van der Waals surface area contributed by atoms with Crippen LogP contribution in [0.4, 0.5) is 11.4 Å². The van der Waals surface area contributed by atoms with E-state index in [4.69, 9.17) is 11.2 Å². The van der Waals surface area contributed by atoms with Crippen molar-refractivity contribution in [3.8, 4) is 12.3 Å². The molecule has 152 valence electrons. The highest BCUT2D eigenvalue weighted by Gasteiger charge is 2.31. The molecule has 2 saturated heterocycles. The van der Waals surface area contributed by atoms with Crippen LogP contribution in [0.3, 0.4) is 0 Å². The van der Waals surface area contributed by atoms with Gasteiger partial charge in [0.2, 0.25) is 5.91 Å². The van der Waals surface area contributed by atoms with Gasteiger partial charge < -0.3 is 15.0 Å². The van der Waals surface area contributed by atoms with Crippen molar-refractivity contribution in [2.24, 2.45) is 0 Å². The van der Waals surface area contributed by atoms with Crippen molar-refractivity contribution < 1.29 is 17.9 Å². The van der Waals surface area contributed by atoms with Gasteiger partial charge >= 0.3 is 0 Å². The summed E-state index contributed by atoms with van der Waals surface area (Å²) in [5, 5.41) is 2.90. The normalized spacial score (nSPS) is 21.4. The Morgan fingerprint density at radius 2 is 2.00 bits per heavy atom. The molecule has 2 heterocycles. The van der Waals surface area contributed by atoms with Crippen LogP contribution in [0.25, 0.3) is 0 Å². The molecule has 1 atom stereocenters. The van der Waals surface area contributed by atoms with Gasteiger partial charge in [0.15, 0.2) is 9.84 Å². The molecule has 0 radical (unpaired) electrons. The average Bonchev–Trinajstić information content (AvgIpc) is 3.06. The molecule has 1 aromatic carbocycles. The lowest BCUT2D eigenvalue weighted by Crippen LogP contribution is -2.38. The standard InChI is InChI=1S/C20H27N3O4S/c1-2-9-22(19-8-15-28(25,26)16-19)10-7-20(24)21-17-3-5-18(6-4-17)23-11-13-27-14-12-23/h1,3-6,19H,7-16H2,(H,21,24). The largest absolute Gasteiger partial charge is 0.378 e. The molecule has 2 aliphatic rings. The number of sulfone groups is 1. The average molecular weight is 406 g/mol. The molecular weight excluding hydrogens is 378 g/mol. The molecule has 1 amide bonds. The summed E-state index contributed by atoms with van der Waals surface area (Å²) in [5.41, 5.74) is 1.86. The highest BCUT2D eigenvalue weighted by atomic mass is 32.2. The summed E-state index contributed by atoms with van der Waals surface area (Å²) in [6.45, 7) is 3.99. The first-order valence-electron chi connectivity index (χ1n) is 9.57. The van der Waals surface area contributed by atoms with Crippen LogP contribution in [0.5, 0.6) is 0 Å². The summed E-state index contributed by atoms with van der Waals surface area (Å²) in [7, 11) is -2.98. The number of carbonyl (C=O) groups is 1. The Kier molecular flexibility index (Phi) is 6.94. The minimum absolute atomic E-state index is 0.0957. The van der Waals surface area contributed by atoms with Crippen LogP contribution in [0, 0.1) is 12.3 Å². The van der Waals surface area contributed by atoms with Crippen LogP contribution in [0.1, 0.15) is 12.8 Å². The van der Waals surface area contributed by atoms with Crippen molar-refractivity contribution in [2.75, 3.05) is 61.1 Å². The van der Waals surface area contributed by atoms with Crippen molar-refractivity contribution in [3.05, 3.63) is 24.3 Å². The summed E-state index contributed by atoms with van der Waals surface area (Å²) >= 11 is 0. The Bertz CT molecular complexity index is 811. The minimum Gasteiger partial charge on any atom is -0.378 e. The Labute approximate surface area is 166 Å². The van der Waals surface area contributed by atoms with Crippen LogP contribution < -0.4 is 10.2 Å². The zero-order valence-electron chi connectivity index (χ0n) is 16.0. The van der Waals surface area contributed by atoms with Gasteiger partial charge in [0.25, 0.3) is 0 Å². The lowest BCUT2D eigenvalue weighted by molar-refractivity contribution is -0.116. The maximum absolute atomic E-state index is 12.3. The zero-order chi connectivity index (χ0) is 20.0. The number of morpholine rings is 1. The third kappa shape index (κ3) is 5.71. The van der Waals surface area contributed by atoms with Gasteiger partial charge in [-0.15, -0.1) is 6.42 Å². The van der Waals surface area contributed by atoms with Crippen molar-refractivity contribution >= 4 is 27.1 Å². The van der Waals surface area contributed by atoms with Gasteiger partial charge in [-0.2, -0.15) is 0 Å². The molecule has 3 rings (SSSR count). The fourth-order valence-corrected chi connectivity index (χ4v) is 5.38. The van der Waals surface area contributed by atoms with Crippen LogP contribution in [-0.2, 0) is 19.4 Å². The first kappa shape index (κ1) is 20.6. The lowest BCUT2D eigenvalue weighted by atomic mass is 10.2. The Hall–Kier alpha value is -2.08. The monoisotopic (exact) mass is 405 g/mol. The highest BCUT2D eigenvalue weighted by molar-refractivity contribution is 7.91. The molecule has 2 aliphatic heterocycles. The topological polar surface area (TPSA) is 79.0 Å². The maximum Gasteiger partial charge on any atom is 0.225 e. The Morgan fingerprint density at radius 3 is 2.61 bits per heavy atom. The summed E-state index contributed by atoms with van der Waals surface area (Å²) in [6, 6.07) is 7.68. The molecule has 1 unspecified atom stereocenters. The maximum atomic E-state index is 12.3. The van der Waals surface area contributed by atoms with E-state index in [-0.39, 0.29) is 29.9 Å². The number of amides is 1. The quantitative estimate of drug-likeness (QED) is 0.681. The summed E-state index contributed by atoms with van der Waals surface area (Å²) < 4.78 is 28.8. The number of anilines is 2. The molecular formula is C20H27N3O4S. The second-order valence-electron chi connectivity index (χ2n) is 7.18. The molecule has 1 N–H and O–H groups in total. The Balaban J connectivity index is 1.49. The molecule has 0 aliphatic carbocycles. The van der Waals surface area contributed by atoms with E-state index in [2.05, 4.69) is 16.1 Å². The molecule has 28 heavy (non-hydrogen) atoms. The third-order valence-electron chi connectivity index (χ3n) is 5.17. The fraction of sp³-hybridized carbons (Fsp3) is 0.550. The van der Waals surface area contributed by atoms with Gasteiger partial charge in [0.05, 0.1) is 31.3 Å². The van der Waals surface area contributed by atoms with E-state index in [1.165, 1.54) is 0 Å². The smallest absolute Gasteiger partial charge is 0.225 e. The van der Waals surface area contributed by atoms with Crippen LogP contribution in [0.15, 0.2) is 24.3 Å². The molecule has 0 bridgehead atoms. The minimum atomic E-state index is -2.98. The van der Waals surface area contributed by atoms with Gasteiger partial charge in [0, 0.05) is 43.5 Å². The van der Waals surface area contributed by atoms with E-state index in [9.17, 15) is 13.2 Å². The molecule has 0 spiro atoms. The third-order valence-corrected chi connectivity index (χ3v) is 6.92. The zero-order valence-corrected chi connectivity index (χ0v) is 16.8. The number of rotatable bonds is 7. The number of carbonyl (C=O) groups excluding carboxylic acids is 1. The van der Waals surface area contributed by atoms with Crippen molar-refractivity contribution in [1.82, 2.24) is 4.90 Å². The first-order valence-corrected chi connectivity index (χ1v) is 11.4. The molecule has 1 aromatic rings. The highest BCUT2D eigenvalue weighted by Crippen LogP contribution is 2.20. The molecule has 8 heteroatoms. The first-order chi connectivity index (χ1) is 13.5. The van der Waals surface area contributed by atoms with Crippen LogP contribution >= 0.6 is 0 Å². The van der Waals surface area contributed by atoms with Crippen LogP contribution in [-0.4, -0.2) is 76.2 Å². The van der Waals surface area contributed by atoms with E-state index in [1.807, 2.05) is 29.2 Å². The van der Waals surface area contributed by atoms with E-state index < -0.39 is 9.84 Å². The number of hydrogen-bond acceptors (Lipinski definition) is 6. The van der Waals surface area contributed by atoms with Gasteiger partial charge in [0.1, 0.15) is 0 Å². The van der Waals surface area contributed by atoms with Crippen molar-refractivity contribution in [3.63, 3.8) is 0 Å². The van der Waals surface area contributed by atoms with Gasteiger partial charge in [-0.3, -0.25) is 9.69 Å². The Morgan fingerprint density at radius 1 is 1.29 bits per heavy atom. The lowest BCUT2D eigenvalue weighted by Gasteiger charge is -2.29. The number of ether oxygens (including phenoxy) is 1. The van der Waals surface area contributed by atoms with E-state index in [0.29, 0.717) is 19.5 Å². The summed E-state index contributed by atoms with van der Waals surface area (Å²) in [4.78, 5) is 16.5. The van der Waals surface area contributed by atoms with E-state index in [1.54, 1.807) is 0 Å². The molecule has 0 aromatic heterocycles. The summed E-state index contributed by atoms with van der Waals surface area (Å²) in [5.74, 6) is 2.78. The number of nitrogens with zero attached hydrogens (tertiary/aromatic N) is 2. The number of terminal acetylenes is 1. The SMILES string of the molecule is C#CCN(CCC(=O)Nc1ccc(N2CCOCC2)cc1)C1CCS(=O)(=O)C1. The van der Waals surface area contributed by atoms with E-state index >= 15 is 0 Å². The summed E-state index contributed by atoms with van der Waals surface area (Å²) in [6.07, 6.45) is 6.26. The predicted molar refractivity (Wildman–Crippen MR) is 110 cm³/mol. The number of hydrogen-bond donors (Lipinski definition) is 1. The number of nitrogens with one attached hydrogen (secondary N) is 1. The molecule has 0 saturated carbocycles. The van der Waals surface area contributed by atoms with Crippen molar-refractivity contribution in [1.29, 1.82) is 0 Å². The van der Waals surface area contributed by atoms with E-state index in [0.717, 1.165) is 37.7 Å². The fourth-order valence-electron chi connectivity index (χ4n) is 3.62. The van der Waals surface area contributed by atoms with Gasteiger partial charge in [-0.25, -0.2) is 8.42 Å². The van der Waals surface area contributed by atoms with Crippen molar-refractivity contribution in [2.45, 2.75) is 18.9 Å². The predicted octanol–water partition coefficient (Wildman–Crippen LogP) is 0.974. The number of benzene rings is 1. The molecule has 7 nitrogen and oxygen atoms in total. The van der Waals surface area contributed by atoms with Gasteiger partial charge in [-0.1, -0.05) is 5.92 Å².